The van der Waals surface area contributed by atoms with Gasteiger partial charge in [-0.1, -0.05) is 26.7 Å². The average molecular weight is 431 g/mol. The quantitative estimate of drug-likeness (QED) is 0.548. The van der Waals surface area contributed by atoms with Crippen LogP contribution in [0.2, 0.25) is 0 Å². The highest BCUT2D eigenvalue weighted by Gasteiger charge is 2.24. The van der Waals surface area contributed by atoms with Gasteiger partial charge in [-0.05, 0) is 38.1 Å². The summed E-state index contributed by atoms with van der Waals surface area (Å²) < 4.78 is 0. The van der Waals surface area contributed by atoms with E-state index in [4.69, 9.17) is 0 Å². The van der Waals surface area contributed by atoms with Gasteiger partial charge in [0.05, 0.1) is 6.04 Å². The van der Waals surface area contributed by atoms with Gasteiger partial charge in [0.2, 0.25) is 17.7 Å². The van der Waals surface area contributed by atoms with E-state index < -0.39 is 0 Å². The lowest BCUT2D eigenvalue weighted by molar-refractivity contribution is -0.140. The van der Waals surface area contributed by atoms with Crippen LogP contribution in [0, 0.1) is 5.92 Å². The van der Waals surface area contributed by atoms with Crippen molar-refractivity contribution in [2.24, 2.45) is 5.92 Å². The highest BCUT2D eigenvalue weighted by Crippen LogP contribution is 2.11. The zero-order valence-electron chi connectivity index (χ0n) is 18.1. The summed E-state index contributed by atoms with van der Waals surface area (Å²) in [5.41, 5.74) is 0. The van der Waals surface area contributed by atoms with Gasteiger partial charge < -0.3 is 20.4 Å². The van der Waals surface area contributed by atoms with E-state index in [9.17, 15) is 14.4 Å². The van der Waals surface area contributed by atoms with Crippen LogP contribution in [0.15, 0.2) is 0 Å². The second-order valence-electron chi connectivity index (χ2n) is 8.46. The molecule has 2 saturated heterocycles. The molecule has 0 radical (unpaired) electrons. The predicted molar refractivity (Wildman–Crippen MR) is 117 cm³/mol. The van der Waals surface area contributed by atoms with Crippen molar-refractivity contribution in [1.29, 1.82) is 0 Å². The molecular weight excluding hydrogens is 392 g/mol. The minimum Gasteiger partial charge on any atom is -0.355 e. The third kappa shape index (κ3) is 9.34. The SMILES string of the molecule is CC(C)CC(=O)N1CCN(C(=O)CCCCCNC(=O)C2CCCCN2)CC1.Cl. The molecular formula is C21H39ClN4O3. The highest BCUT2D eigenvalue weighted by molar-refractivity contribution is 5.85. The summed E-state index contributed by atoms with van der Waals surface area (Å²) in [6.45, 7) is 8.31. The average Bonchev–Trinajstić information content (AvgIpc) is 2.70. The van der Waals surface area contributed by atoms with Crippen LogP contribution in [0.1, 0.15) is 65.2 Å². The Morgan fingerprint density at radius 1 is 0.966 bits per heavy atom. The maximum Gasteiger partial charge on any atom is 0.237 e. The second-order valence-corrected chi connectivity index (χ2v) is 8.46. The minimum atomic E-state index is -0.0265. The summed E-state index contributed by atoms with van der Waals surface area (Å²) in [5.74, 6) is 0.871. The Bertz CT molecular complexity index is 516. The van der Waals surface area contributed by atoms with Gasteiger partial charge in [0.25, 0.3) is 0 Å². The summed E-state index contributed by atoms with van der Waals surface area (Å²) >= 11 is 0. The topological polar surface area (TPSA) is 81.8 Å². The summed E-state index contributed by atoms with van der Waals surface area (Å²) in [5, 5.41) is 6.25. The summed E-state index contributed by atoms with van der Waals surface area (Å²) in [6, 6.07) is -0.0265. The van der Waals surface area contributed by atoms with E-state index in [0.29, 0.717) is 51.5 Å². The molecule has 2 heterocycles. The van der Waals surface area contributed by atoms with E-state index in [-0.39, 0.29) is 36.2 Å². The molecule has 0 aromatic rings. The van der Waals surface area contributed by atoms with Crippen molar-refractivity contribution in [3.05, 3.63) is 0 Å². The Labute approximate surface area is 181 Å². The van der Waals surface area contributed by atoms with Gasteiger partial charge in [0, 0.05) is 45.6 Å². The standard InChI is InChI=1S/C21H38N4O3.ClH/c1-17(2)16-20(27)25-14-12-24(13-15-25)19(26)9-4-3-6-11-23-21(28)18-8-5-7-10-22-18;/h17-18,22H,3-16H2,1-2H3,(H,23,28);1H. The molecule has 29 heavy (non-hydrogen) atoms. The largest absolute Gasteiger partial charge is 0.355 e. The van der Waals surface area contributed by atoms with Crippen LogP contribution in [0.3, 0.4) is 0 Å². The normalized spacial score (nSPS) is 19.6. The van der Waals surface area contributed by atoms with Crippen LogP contribution in [-0.2, 0) is 14.4 Å². The smallest absolute Gasteiger partial charge is 0.237 e. The lowest BCUT2D eigenvalue weighted by Crippen LogP contribution is -2.50. The number of amides is 3. The molecule has 2 aliphatic rings. The molecule has 0 bridgehead atoms. The Balaban J connectivity index is 0.00000420. The first-order valence-electron chi connectivity index (χ1n) is 11.0. The van der Waals surface area contributed by atoms with E-state index in [1.807, 2.05) is 9.80 Å². The molecule has 0 aromatic carbocycles. The zero-order valence-corrected chi connectivity index (χ0v) is 18.9. The maximum absolute atomic E-state index is 12.3. The number of unbranched alkanes of at least 4 members (excludes halogenated alkanes) is 2. The fourth-order valence-corrected chi connectivity index (χ4v) is 3.83. The van der Waals surface area contributed by atoms with Crippen LogP contribution in [0.4, 0.5) is 0 Å². The molecule has 2 aliphatic heterocycles. The van der Waals surface area contributed by atoms with Gasteiger partial charge >= 0.3 is 0 Å². The fourth-order valence-electron chi connectivity index (χ4n) is 3.83. The maximum atomic E-state index is 12.3. The second kappa shape index (κ2) is 13.8. The van der Waals surface area contributed by atoms with Crippen LogP contribution in [0.25, 0.3) is 0 Å². The highest BCUT2D eigenvalue weighted by atomic mass is 35.5. The lowest BCUT2D eigenvalue weighted by atomic mass is 10.0. The third-order valence-electron chi connectivity index (χ3n) is 5.56. The first kappa shape index (κ1) is 25.7. The zero-order chi connectivity index (χ0) is 20.4. The molecule has 2 rings (SSSR count). The first-order chi connectivity index (χ1) is 13.5. The van der Waals surface area contributed by atoms with Crippen molar-refractivity contribution in [2.75, 3.05) is 39.3 Å². The predicted octanol–water partition coefficient (Wildman–Crippen LogP) is 1.94. The molecule has 0 saturated carbocycles. The number of hydrogen-bond donors (Lipinski definition) is 2. The molecule has 168 valence electrons. The summed E-state index contributed by atoms with van der Waals surface area (Å²) in [6.07, 6.45) is 7.04. The van der Waals surface area contributed by atoms with Crippen LogP contribution < -0.4 is 10.6 Å². The number of nitrogens with one attached hydrogen (secondary N) is 2. The van der Waals surface area contributed by atoms with Gasteiger partial charge in [-0.3, -0.25) is 14.4 Å². The molecule has 1 atom stereocenters. The van der Waals surface area contributed by atoms with Crippen LogP contribution in [-0.4, -0.2) is 72.8 Å². The Hall–Kier alpha value is -1.34. The summed E-state index contributed by atoms with van der Waals surface area (Å²) in [7, 11) is 0. The first-order valence-corrected chi connectivity index (χ1v) is 11.0. The van der Waals surface area contributed by atoms with Crippen molar-refractivity contribution < 1.29 is 14.4 Å². The number of carbonyl (C=O) groups is 3. The number of nitrogens with zero attached hydrogens (tertiary/aromatic N) is 2. The molecule has 8 heteroatoms. The van der Waals surface area contributed by atoms with E-state index in [1.54, 1.807) is 0 Å². The number of halogens is 1. The monoisotopic (exact) mass is 430 g/mol. The number of carbonyl (C=O) groups excluding carboxylic acids is 3. The number of piperidine rings is 1. The summed E-state index contributed by atoms with van der Waals surface area (Å²) in [4.78, 5) is 40.2. The van der Waals surface area contributed by atoms with Gasteiger partial charge in [-0.15, -0.1) is 12.4 Å². The minimum absolute atomic E-state index is 0. The Morgan fingerprint density at radius 3 is 2.21 bits per heavy atom. The van der Waals surface area contributed by atoms with Gasteiger partial charge in [-0.2, -0.15) is 0 Å². The third-order valence-corrected chi connectivity index (χ3v) is 5.56. The Kier molecular flexibility index (Phi) is 12.2. The fraction of sp³-hybridized carbons (Fsp3) is 0.857. The lowest BCUT2D eigenvalue weighted by Gasteiger charge is -2.35. The number of piperazine rings is 1. The number of rotatable bonds is 9. The van der Waals surface area contributed by atoms with E-state index >= 15 is 0 Å². The van der Waals surface area contributed by atoms with Crippen LogP contribution >= 0.6 is 12.4 Å². The molecule has 0 aliphatic carbocycles. The van der Waals surface area contributed by atoms with Crippen molar-refractivity contribution in [1.82, 2.24) is 20.4 Å². The van der Waals surface area contributed by atoms with Gasteiger partial charge in [0.1, 0.15) is 0 Å². The van der Waals surface area contributed by atoms with E-state index in [0.717, 1.165) is 45.1 Å². The van der Waals surface area contributed by atoms with Gasteiger partial charge in [-0.25, -0.2) is 0 Å². The molecule has 2 N–H and O–H groups in total. The van der Waals surface area contributed by atoms with Crippen molar-refractivity contribution in [2.45, 2.75) is 71.3 Å². The van der Waals surface area contributed by atoms with Crippen molar-refractivity contribution in [3.8, 4) is 0 Å². The Morgan fingerprint density at radius 2 is 1.62 bits per heavy atom. The van der Waals surface area contributed by atoms with Crippen molar-refractivity contribution >= 4 is 30.1 Å². The van der Waals surface area contributed by atoms with Gasteiger partial charge in [0.15, 0.2) is 0 Å². The number of hydrogen-bond acceptors (Lipinski definition) is 4. The molecule has 0 spiro atoms. The molecule has 7 nitrogen and oxygen atoms in total. The van der Waals surface area contributed by atoms with E-state index in [2.05, 4.69) is 24.5 Å². The van der Waals surface area contributed by atoms with Crippen LogP contribution in [0.5, 0.6) is 0 Å². The molecule has 0 aromatic heterocycles. The molecule has 1 unspecified atom stereocenters. The van der Waals surface area contributed by atoms with Crippen molar-refractivity contribution in [3.63, 3.8) is 0 Å². The molecule has 2 fully saturated rings. The van der Waals surface area contributed by atoms with E-state index in [1.165, 1.54) is 0 Å². The molecule has 3 amide bonds.